The van der Waals surface area contributed by atoms with Crippen molar-refractivity contribution in [1.82, 2.24) is 10.6 Å². The molecule has 2 atom stereocenters. The van der Waals surface area contributed by atoms with E-state index in [1.807, 2.05) is 13.2 Å². The number of aliphatic hydroxyl groups is 1. The second kappa shape index (κ2) is 8.33. The van der Waals surface area contributed by atoms with Crippen LogP contribution in [0.3, 0.4) is 0 Å². The van der Waals surface area contributed by atoms with Crippen molar-refractivity contribution >= 4 is 17.8 Å². The van der Waals surface area contributed by atoms with Crippen molar-refractivity contribution in [3.05, 3.63) is 35.4 Å². The zero-order valence-corrected chi connectivity index (χ0v) is 13.8. The van der Waals surface area contributed by atoms with Gasteiger partial charge in [-0.3, -0.25) is 0 Å². The molecule has 0 bridgehead atoms. The van der Waals surface area contributed by atoms with Crippen LogP contribution >= 0.6 is 11.8 Å². The maximum atomic E-state index is 13.7. The summed E-state index contributed by atoms with van der Waals surface area (Å²) in [6, 6.07) is 2.55. The monoisotopic (exact) mass is 332 g/mol. The molecule has 0 saturated heterocycles. The number of carbonyl (C=O) groups is 1. The van der Waals surface area contributed by atoms with Gasteiger partial charge in [-0.25, -0.2) is 13.6 Å². The van der Waals surface area contributed by atoms with Crippen LogP contribution in [-0.2, 0) is 5.60 Å². The molecule has 0 spiro atoms. The predicted molar refractivity (Wildman–Crippen MR) is 84.9 cm³/mol. The molecule has 7 heteroatoms. The van der Waals surface area contributed by atoms with Crippen molar-refractivity contribution < 1.29 is 18.7 Å². The van der Waals surface area contributed by atoms with Crippen LogP contribution in [0, 0.1) is 11.6 Å². The maximum Gasteiger partial charge on any atom is 0.315 e. The van der Waals surface area contributed by atoms with Gasteiger partial charge in [0.1, 0.15) is 17.2 Å². The number of benzene rings is 1. The number of urea groups is 1. The molecular weight excluding hydrogens is 310 g/mol. The van der Waals surface area contributed by atoms with E-state index < -0.39 is 23.3 Å². The van der Waals surface area contributed by atoms with Crippen molar-refractivity contribution in [3.8, 4) is 0 Å². The lowest BCUT2D eigenvalue weighted by molar-refractivity contribution is 0.0554. The Morgan fingerprint density at radius 1 is 1.45 bits per heavy atom. The molecule has 0 aromatic heterocycles. The number of hydrogen-bond acceptors (Lipinski definition) is 3. The highest BCUT2D eigenvalue weighted by molar-refractivity contribution is 7.98. The molecule has 0 saturated carbocycles. The molecule has 0 aliphatic carbocycles. The number of amides is 2. The van der Waals surface area contributed by atoms with Crippen LogP contribution in [-0.4, -0.2) is 35.7 Å². The molecule has 0 aliphatic rings. The summed E-state index contributed by atoms with van der Waals surface area (Å²) in [5.41, 5.74) is -1.69. The minimum Gasteiger partial charge on any atom is -0.383 e. The maximum absolute atomic E-state index is 13.7. The van der Waals surface area contributed by atoms with E-state index in [0.29, 0.717) is 6.07 Å². The Hall–Kier alpha value is -1.34. The smallest absolute Gasteiger partial charge is 0.315 e. The number of halogens is 2. The van der Waals surface area contributed by atoms with Crippen LogP contribution < -0.4 is 10.6 Å². The second-order valence-corrected chi connectivity index (χ2v) is 6.20. The highest BCUT2D eigenvalue weighted by atomic mass is 32.2. The minimum atomic E-state index is -1.63. The minimum absolute atomic E-state index is 0.0301. The van der Waals surface area contributed by atoms with Crippen LogP contribution in [0.4, 0.5) is 13.6 Å². The van der Waals surface area contributed by atoms with Crippen LogP contribution in [0.25, 0.3) is 0 Å². The lowest BCUT2D eigenvalue weighted by Crippen LogP contribution is -2.47. The number of nitrogens with one attached hydrogen (secondary N) is 2. The van der Waals surface area contributed by atoms with Crippen molar-refractivity contribution in [2.45, 2.75) is 31.9 Å². The molecule has 1 aromatic rings. The Labute approximate surface area is 133 Å². The zero-order chi connectivity index (χ0) is 16.8. The fourth-order valence-electron chi connectivity index (χ4n) is 1.97. The first-order chi connectivity index (χ1) is 10.3. The normalized spacial score (nSPS) is 15.0. The number of rotatable bonds is 7. The summed E-state index contributed by atoms with van der Waals surface area (Å²) in [7, 11) is 0. The predicted octanol–water partition coefficient (Wildman–Crippen LogP) is 2.61. The van der Waals surface area contributed by atoms with Crippen molar-refractivity contribution in [3.63, 3.8) is 0 Å². The summed E-state index contributed by atoms with van der Waals surface area (Å²) in [4.78, 5) is 11.8. The standard InChI is InChI=1S/C15H22F2N2O2S/c1-4-11(8-22-3)19-14(20)18-9-15(2,21)12-6-5-10(16)7-13(12)17/h5-7,11,21H,4,8-9H2,1-3H3,(H2,18,19,20). The molecule has 0 fully saturated rings. The SMILES string of the molecule is CCC(CSC)NC(=O)NCC(C)(O)c1ccc(F)cc1F. The van der Waals surface area contributed by atoms with E-state index in [0.717, 1.165) is 18.2 Å². The van der Waals surface area contributed by atoms with E-state index in [-0.39, 0.29) is 18.2 Å². The molecule has 3 N–H and O–H groups in total. The fraction of sp³-hybridized carbons (Fsp3) is 0.533. The molecule has 2 unspecified atom stereocenters. The van der Waals surface area contributed by atoms with Gasteiger partial charge >= 0.3 is 6.03 Å². The van der Waals surface area contributed by atoms with E-state index in [2.05, 4.69) is 10.6 Å². The summed E-state index contributed by atoms with van der Waals surface area (Å²) >= 11 is 1.62. The summed E-state index contributed by atoms with van der Waals surface area (Å²) in [5.74, 6) is -0.779. The number of hydrogen-bond donors (Lipinski definition) is 3. The van der Waals surface area contributed by atoms with E-state index in [1.54, 1.807) is 11.8 Å². The fourth-order valence-corrected chi connectivity index (χ4v) is 2.69. The number of carbonyl (C=O) groups excluding carboxylic acids is 1. The Balaban J connectivity index is 2.63. The average Bonchev–Trinajstić information content (AvgIpc) is 2.44. The molecule has 0 radical (unpaired) electrons. The molecule has 22 heavy (non-hydrogen) atoms. The van der Waals surface area contributed by atoms with E-state index in [4.69, 9.17) is 0 Å². The Morgan fingerprint density at radius 3 is 2.68 bits per heavy atom. The first kappa shape index (κ1) is 18.7. The van der Waals surface area contributed by atoms with Crippen molar-refractivity contribution in [1.29, 1.82) is 0 Å². The highest BCUT2D eigenvalue weighted by Gasteiger charge is 2.27. The Kier molecular flexibility index (Phi) is 7.09. The van der Waals surface area contributed by atoms with E-state index in [9.17, 15) is 18.7 Å². The average molecular weight is 332 g/mol. The van der Waals surface area contributed by atoms with Gasteiger partial charge in [-0.15, -0.1) is 0 Å². The third-order valence-corrected chi connectivity index (χ3v) is 4.04. The molecule has 2 amide bonds. The topological polar surface area (TPSA) is 61.4 Å². The van der Waals surface area contributed by atoms with Gasteiger partial charge in [-0.1, -0.05) is 13.0 Å². The molecule has 4 nitrogen and oxygen atoms in total. The van der Waals surface area contributed by atoms with Crippen molar-refractivity contribution in [2.24, 2.45) is 0 Å². The Bertz CT molecular complexity index is 512. The second-order valence-electron chi connectivity index (χ2n) is 5.29. The van der Waals surface area contributed by atoms with Gasteiger partial charge in [0.25, 0.3) is 0 Å². The van der Waals surface area contributed by atoms with Crippen LogP contribution in [0.5, 0.6) is 0 Å². The summed E-state index contributed by atoms with van der Waals surface area (Å²) in [6.07, 6.45) is 2.74. The largest absolute Gasteiger partial charge is 0.383 e. The highest BCUT2D eigenvalue weighted by Crippen LogP contribution is 2.23. The van der Waals surface area contributed by atoms with Gasteiger partial charge in [0.05, 0.1) is 6.54 Å². The quantitative estimate of drug-likeness (QED) is 0.719. The molecule has 124 valence electrons. The Morgan fingerprint density at radius 2 is 2.14 bits per heavy atom. The van der Waals surface area contributed by atoms with Gasteiger partial charge in [0, 0.05) is 23.4 Å². The van der Waals surface area contributed by atoms with Gasteiger partial charge in [-0.05, 0) is 25.7 Å². The summed E-state index contributed by atoms with van der Waals surface area (Å²) in [6.45, 7) is 3.14. The van der Waals surface area contributed by atoms with Gasteiger partial charge in [-0.2, -0.15) is 11.8 Å². The lowest BCUT2D eigenvalue weighted by Gasteiger charge is -2.25. The number of thioether (sulfide) groups is 1. The first-order valence-corrected chi connectivity index (χ1v) is 8.40. The molecule has 0 aliphatic heterocycles. The molecule has 1 aromatic carbocycles. The zero-order valence-electron chi connectivity index (χ0n) is 13.0. The summed E-state index contributed by atoms with van der Waals surface area (Å²) in [5, 5.41) is 15.6. The van der Waals surface area contributed by atoms with Gasteiger partial charge in [0.15, 0.2) is 0 Å². The van der Waals surface area contributed by atoms with Crippen LogP contribution in [0.1, 0.15) is 25.8 Å². The lowest BCUT2D eigenvalue weighted by atomic mass is 9.95. The van der Waals surface area contributed by atoms with E-state index >= 15 is 0 Å². The van der Waals surface area contributed by atoms with Crippen LogP contribution in [0.15, 0.2) is 18.2 Å². The van der Waals surface area contributed by atoms with Crippen molar-refractivity contribution in [2.75, 3.05) is 18.6 Å². The van der Waals surface area contributed by atoms with Crippen LogP contribution in [0.2, 0.25) is 0 Å². The molecular formula is C15H22F2N2O2S. The molecule has 0 heterocycles. The van der Waals surface area contributed by atoms with Gasteiger partial charge < -0.3 is 15.7 Å². The van der Waals surface area contributed by atoms with Gasteiger partial charge in [0.2, 0.25) is 0 Å². The third-order valence-electron chi connectivity index (χ3n) is 3.30. The third kappa shape index (κ3) is 5.46. The molecule has 1 rings (SSSR count). The van der Waals surface area contributed by atoms with E-state index in [1.165, 1.54) is 13.0 Å². The first-order valence-electron chi connectivity index (χ1n) is 7.01. The summed E-state index contributed by atoms with van der Waals surface area (Å²) < 4.78 is 26.6.